The number of nitrogens with one attached hydrogen (secondary N) is 1. The molecule has 1 aromatic carbocycles. The summed E-state index contributed by atoms with van der Waals surface area (Å²) in [7, 11) is 0. The van der Waals surface area contributed by atoms with E-state index in [1.54, 1.807) is 0 Å². The van der Waals surface area contributed by atoms with Gasteiger partial charge in [0.25, 0.3) is 0 Å². The van der Waals surface area contributed by atoms with Crippen LogP contribution < -0.4 is 5.32 Å². The molecule has 0 aromatic heterocycles. The molecule has 1 atom stereocenters. The van der Waals surface area contributed by atoms with Crippen LogP contribution >= 0.6 is 0 Å². The van der Waals surface area contributed by atoms with E-state index in [0.29, 0.717) is 0 Å². The number of Topliss-reactive ketones (excluding diaryl/α,β-unsaturated/α-hetero) is 1. The molecule has 0 radical (unpaired) electrons. The summed E-state index contributed by atoms with van der Waals surface area (Å²) in [5.74, 6) is 0.197. The average molecular weight is 233 g/mol. The fourth-order valence-electron chi connectivity index (χ4n) is 1.88. The lowest BCUT2D eigenvalue weighted by Crippen LogP contribution is -2.47. The van der Waals surface area contributed by atoms with Gasteiger partial charge in [-0.1, -0.05) is 43.7 Å². The van der Waals surface area contributed by atoms with Crippen molar-refractivity contribution in [3.63, 3.8) is 0 Å². The second kappa shape index (κ2) is 5.97. The molecule has 0 aliphatic rings. The Morgan fingerprint density at radius 1 is 1.24 bits per heavy atom. The maximum absolute atomic E-state index is 12.4. The van der Waals surface area contributed by atoms with Crippen LogP contribution in [0, 0.1) is 0 Å². The molecular formula is C15H23NO. The number of hydrogen-bond donors (Lipinski definition) is 1. The molecule has 0 fully saturated rings. The maximum Gasteiger partial charge on any atom is 0.179 e. The fourth-order valence-corrected chi connectivity index (χ4v) is 1.88. The number of carbonyl (C=O) groups excluding carboxylic acids is 1. The van der Waals surface area contributed by atoms with Crippen LogP contribution in [0.4, 0.5) is 0 Å². The van der Waals surface area contributed by atoms with E-state index in [0.717, 1.165) is 18.4 Å². The number of carbonyl (C=O) groups is 1. The molecular weight excluding hydrogens is 210 g/mol. The molecule has 2 nitrogen and oxygen atoms in total. The van der Waals surface area contributed by atoms with Crippen LogP contribution in [-0.4, -0.2) is 17.4 Å². The SMILES string of the molecule is CCCC(NC(C)(C)C)C(=O)c1ccccc1. The third-order valence-corrected chi connectivity index (χ3v) is 2.56. The van der Waals surface area contributed by atoms with E-state index >= 15 is 0 Å². The third-order valence-electron chi connectivity index (χ3n) is 2.56. The zero-order valence-corrected chi connectivity index (χ0v) is 11.3. The molecule has 0 amide bonds. The minimum atomic E-state index is -0.0811. The molecule has 0 spiro atoms. The Morgan fingerprint density at radius 2 is 1.82 bits per heavy atom. The highest BCUT2D eigenvalue weighted by Gasteiger charge is 2.23. The molecule has 0 aliphatic heterocycles. The van der Waals surface area contributed by atoms with Crippen molar-refractivity contribution < 1.29 is 4.79 Å². The first-order valence-electron chi connectivity index (χ1n) is 6.31. The van der Waals surface area contributed by atoms with Crippen molar-refractivity contribution in [1.82, 2.24) is 5.32 Å². The molecule has 1 aromatic rings. The molecule has 94 valence electrons. The number of rotatable bonds is 5. The van der Waals surface area contributed by atoms with Gasteiger partial charge in [0.15, 0.2) is 5.78 Å². The largest absolute Gasteiger partial charge is 0.302 e. The van der Waals surface area contributed by atoms with Gasteiger partial charge in [-0.15, -0.1) is 0 Å². The normalized spacial score (nSPS) is 13.4. The maximum atomic E-state index is 12.4. The van der Waals surface area contributed by atoms with E-state index < -0.39 is 0 Å². The van der Waals surface area contributed by atoms with Crippen LogP contribution in [0.5, 0.6) is 0 Å². The van der Waals surface area contributed by atoms with Crippen molar-refractivity contribution in [3.8, 4) is 0 Å². The Balaban J connectivity index is 2.81. The van der Waals surface area contributed by atoms with Gasteiger partial charge in [0.1, 0.15) is 0 Å². The van der Waals surface area contributed by atoms with Crippen molar-refractivity contribution in [1.29, 1.82) is 0 Å². The zero-order valence-electron chi connectivity index (χ0n) is 11.3. The average Bonchev–Trinajstić information content (AvgIpc) is 2.27. The molecule has 2 heteroatoms. The van der Waals surface area contributed by atoms with Crippen molar-refractivity contribution in [2.45, 2.75) is 52.1 Å². The Kier molecular flexibility index (Phi) is 4.88. The Labute approximate surface area is 104 Å². The summed E-state index contributed by atoms with van der Waals surface area (Å²) in [6.07, 6.45) is 1.89. The first-order chi connectivity index (χ1) is 7.94. The van der Waals surface area contributed by atoms with E-state index in [2.05, 4.69) is 33.0 Å². The second-order valence-corrected chi connectivity index (χ2v) is 5.47. The molecule has 0 heterocycles. The van der Waals surface area contributed by atoms with Crippen LogP contribution in [0.15, 0.2) is 30.3 Å². The zero-order chi connectivity index (χ0) is 12.9. The van der Waals surface area contributed by atoms with E-state index in [4.69, 9.17) is 0 Å². The van der Waals surface area contributed by atoms with Gasteiger partial charge in [0.2, 0.25) is 0 Å². The van der Waals surface area contributed by atoms with E-state index in [9.17, 15) is 4.79 Å². The molecule has 0 bridgehead atoms. The first-order valence-corrected chi connectivity index (χ1v) is 6.31. The summed E-state index contributed by atoms with van der Waals surface area (Å²) >= 11 is 0. The van der Waals surface area contributed by atoms with Gasteiger partial charge in [-0.25, -0.2) is 0 Å². The van der Waals surface area contributed by atoms with E-state index in [-0.39, 0.29) is 17.4 Å². The van der Waals surface area contributed by atoms with Crippen molar-refractivity contribution in [3.05, 3.63) is 35.9 Å². The predicted octanol–water partition coefficient (Wildman–Crippen LogP) is 3.43. The molecule has 1 rings (SSSR count). The molecule has 0 saturated heterocycles. The second-order valence-electron chi connectivity index (χ2n) is 5.47. The summed E-state index contributed by atoms with van der Waals surface area (Å²) in [5.41, 5.74) is 0.757. The minimum absolute atomic E-state index is 0.0374. The van der Waals surface area contributed by atoms with Gasteiger partial charge in [0.05, 0.1) is 6.04 Å². The molecule has 1 unspecified atom stereocenters. The van der Waals surface area contributed by atoms with Gasteiger partial charge >= 0.3 is 0 Å². The minimum Gasteiger partial charge on any atom is -0.302 e. The standard InChI is InChI=1S/C15H23NO/c1-5-9-13(16-15(2,3)4)14(17)12-10-7-6-8-11-12/h6-8,10-11,13,16H,5,9H2,1-4H3. The van der Waals surface area contributed by atoms with Gasteiger partial charge in [-0.05, 0) is 27.2 Å². The molecule has 0 aliphatic carbocycles. The summed E-state index contributed by atoms with van der Waals surface area (Å²) < 4.78 is 0. The van der Waals surface area contributed by atoms with Crippen LogP contribution in [0.1, 0.15) is 50.9 Å². The highest BCUT2D eigenvalue weighted by molar-refractivity contribution is 6.00. The van der Waals surface area contributed by atoms with Crippen LogP contribution in [0.2, 0.25) is 0 Å². The lowest BCUT2D eigenvalue weighted by atomic mass is 9.97. The highest BCUT2D eigenvalue weighted by atomic mass is 16.1. The van der Waals surface area contributed by atoms with Gasteiger partial charge in [-0.2, -0.15) is 0 Å². The first kappa shape index (κ1) is 13.9. The highest BCUT2D eigenvalue weighted by Crippen LogP contribution is 2.11. The van der Waals surface area contributed by atoms with Crippen LogP contribution in [-0.2, 0) is 0 Å². The smallest absolute Gasteiger partial charge is 0.179 e. The molecule has 0 saturated carbocycles. The lowest BCUT2D eigenvalue weighted by molar-refractivity contribution is 0.0919. The number of ketones is 1. The van der Waals surface area contributed by atoms with Crippen LogP contribution in [0.25, 0.3) is 0 Å². The van der Waals surface area contributed by atoms with E-state index in [1.165, 1.54) is 0 Å². The van der Waals surface area contributed by atoms with Gasteiger partial charge < -0.3 is 5.32 Å². The molecule has 1 N–H and O–H groups in total. The monoisotopic (exact) mass is 233 g/mol. The third kappa shape index (κ3) is 4.70. The summed E-state index contributed by atoms with van der Waals surface area (Å²) in [6, 6.07) is 9.44. The Hall–Kier alpha value is -1.15. The van der Waals surface area contributed by atoms with Gasteiger partial charge in [-0.3, -0.25) is 4.79 Å². The molecule has 17 heavy (non-hydrogen) atoms. The fraction of sp³-hybridized carbons (Fsp3) is 0.533. The van der Waals surface area contributed by atoms with Crippen molar-refractivity contribution in [2.75, 3.05) is 0 Å². The summed E-state index contributed by atoms with van der Waals surface area (Å²) in [5, 5.41) is 3.41. The number of hydrogen-bond acceptors (Lipinski definition) is 2. The van der Waals surface area contributed by atoms with E-state index in [1.807, 2.05) is 30.3 Å². The topological polar surface area (TPSA) is 29.1 Å². The van der Waals surface area contributed by atoms with Crippen molar-refractivity contribution in [2.24, 2.45) is 0 Å². The van der Waals surface area contributed by atoms with Crippen molar-refractivity contribution >= 4 is 5.78 Å². The number of benzene rings is 1. The Bertz CT molecular complexity index is 351. The lowest BCUT2D eigenvalue weighted by Gasteiger charge is -2.27. The predicted molar refractivity (Wildman–Crippen MR) is 72.4 cm³/mol. The quantitative estimate of drug-likeness (QED) is 0.789. The Morgan fingerprint density at radius 3 is 2.29 bits per heavy atom. The van der Waals surface area contributed by atoms with Gasteiger partial charge in [0, 0.05) is 11.1 Å². The summed E-state index contributed by atoms with van der Waals surface area (Å²) in [6.45, 7) is 8.38. The summed E-state index contributed by atoms with van der Waals surface area (Å²) in [4.78, 5) is 12.4. The van der Waals surface area contributed by atoms with Crippen LogP contribution in [0.3, 0.4) is 0 Å².